The third-order valence-corrected chi connectivity index (χ3v) is 1.49. The molecule has 54 valence electrons. The molecule has 0 aliphatic heterocycles. The van der Waals surface area contributed by atoms with Gasteiger partial charge in [-0.2, -0.15) is 0 Å². The molecule has 3 N–H and O–H groups in total. The van der Waals surface area contributed by atoms with Gasteiger partial charge < -0.3 is 5.11 Å². The lowest BCUT2D eigenvalue weighted by Crippen LogP contribution is -2.40. The van der Waals surface area contributed by atoms with E-state index in [4.69, 9.17) is 5.73 Å². The second kappa shape index (κ2) is 2.04. The molecule has 1 aliphatic carbocycles. The van der Waals surface area contributed by atoms with E-state index in [9.17, 15) is 9.90 Å². The second-order valence-electron chi connectivity index (χ2n) is 2.39. The van der Waals surface area contributed by atoms with Crippen LogP contribution in [0.25, 0.3) is 0 Å². The summed E-state index contributed by atoms with van der Waals surface area (Å²) in [4.78, 5) is 10.6. The van der Waals surface area contributed by atoms with Crippen LogP contribution in [0.5, 0.6) is 0 Å². The lowest BCUT2D eigenvalue weighted by Gasteiger charge is -2.21. The molecule has 10 heavy (non-hydrogen) atoms. The molecule has 0 saturated carbocycles. The summed E-state index contributed by atoms with van der Waals surface area (Å²) in [6.07, 6.45) is 3.86. The Balaban J connectivity index is 2.97. The van der Waals surface area contributed by atoms with Crippen LogP contribution in [0.2, 0.25) is 0 Å². The van der Waals surface area contributed by atoms with Crippen LogP contribution >= 0.6 is 0 Å². The van der Waals surface area contributed by atoms with Gasteiger partial charge in [-0.15, -0.1) is 0 Å². The summed E-state index contributed by atoms with van der Waals surface area (Å²) >= 11 is 0. The summed E-state index contributed by atoms with van der Waals surface area (Å²) in [7, 11) is 0. The van der Waals surface area contributed by atoms with Crippen molar-refractivity contribution in [1.82, 2.24) is 0 Å². The first-order valence-electron chi connectivity index (χ1n) is 2.95. The predicted octanol–water partition coefficient (Wildman–Crippen LogP) is -0.281. The predicted molar refractivity (Wildman–Crippen MR) is 37.0 cm³/mol. The van der Waals surface area contributed by atoms with Gasteiger partial charge in [-0.05, 0) is 30.7 Å². The Labute approximate surface area is 58.8 Å². The maximum atomic E-state index is 10.6. The molecule has 0 bridgehead atoms. The van der Waals surface area contributed by atoms with Gasteiger partial charge in [-0.1, -0.05) is 0 Å². The molecule has 0 aromatic rings. The molecule has 0 aromatic heterocycles. The number of carbonyl (C=O) groups is 1. The van der Waals surface area contributed by atoms with Crippen molar-refractivity contribution in [3.05, 3.63) is 23.8 Å². The third kappa shape index (κ3) is 1.15. The highest BCUT2D eigenvalue weighted by molar-refractivity contribution is 6.01. The largest absolute Gasteiger partial charge is 0.369 e. The second-order valence-corrected chi connectivity index (χ2v) is 2.39. The average molecular weight is 139 g/mol. The van der Waals surface area contributed by atoms with E-state index in [2.05, 4.69) is 0 Å². The first-order chi connectivity index (χ1) is 4.52. The number of hydrogen-bond donors (Lipinski definition) is 2. The van der Waals surface area contributed by atoms with Gasteiger partial charge in [0.25, 0.3) is 0 Å². The van der Waals surface area contributed by atoms with E-state index in [1.165, 1.54) is 18.2 Å². The van der Waals surface area contributed by atoms with E-state index in [-0.39, 0.29) is 5.78 Å². The van der Waals surface area contributed by atoms with E-state index in [0.29, 0.717) is 5.57 Å². The van der Waals surface area contributed by atoms with E-state index < -0.39 is 5.72 Å². The molecule has 0 radical (unpaired) electrons. The fourth-order valence-corrected chi connectivity index (χ4v) is 0.718. The number of nitrogens with two attached hydrogens (primary N) is 1. The molecule has 3 nitrogen and oxygen atoms in total. The highest BCUT2D eigenvalue weighted by Crippen LogP contribution is 2.15. The van der Waals surface area contributed by atoms with Gasteiger partial charge in [0, 0.05) is 0 Å². The van der Waals surface area contributed by atoms with Crippen LogP contribution in [0, 0.1) is 0 Å². The van der Waals surface area contributed by atoms with E-state index in [1.807, 2.05) is 0 Å². The average Bonchev–Trinajstić information content (AvgIpc) is 1.81. The zero-order valence-electron chi connectivity index (χ0n) is 5.66. The number of hydrogen-bond acceptors (Lipinski definition) is 3. The Hall–Kier alpha value is -0.930. The fraction of sp³-hybridized carbons (Fsp3) is 0.286. The Morgan fingerprint density at radius 3 is 2.70 bits per heavy atom. The normalized spacial score (nSPS) is 32.3. The standard InChI is InChI=1S/C7H9NO2/c1-5-4-6(9)2-3-7(5,8)10/h2-4,10H,8H2,1H3. The van der Waals surface area contributed by atoms with E-state index in [1.54, 1.807) is 6.92 Å². The van der Waals surface area contributed by atoms with Gasteiger partial charge >= 0.3 is 0 Å². The Kier molecular flexibility index (Phi) is 1.46. The van der Waals surface area contributed by atoms with E-state index >= 15 is 0 Å². The third-order valence-electron chi connectivity index (χ3n) is 1.49. The quantitative estimate of drug-likeness (QED) is 0.454. The summed E-state index contributed by atoms with van der Waals surface area (Å²) in [5, 5.41) is 9.23. The highest BCUT2D eigenvalue weighted by Gasteiger charge is 2.23. The number of rotatable bonds is 0. The molecule has 0 aromatic carbocycles. The zero-order valence-corrected chi connectivity index (χ0v) is 5.66. The SMILES string of the molecule is CC1=CC(=O)C=CC1(N)O. The lowest BCUT2D eigenvalue weighted by atomic mass is 9.98. The molecule has 0 heterocycles. The van der Waals surface area contributed by atoms with Crippen LogP contribution in [0.3, 0.4) is 0 Å². The number of ketones is 1. The van der Waals surface area contributed by atoms with Crippen LogP contribution < -0.4 is 5.73 Å². The molecule has 0 amide bonds. The topological polar surface area (TPSA) is 63.3 Å². The van der Waals surface area contributed by atoms with Gasteiger partial charge in [0.05, 0.1) is 0 Å². The molecular formula is C7H9NO2. The van der Waals surface area contributed by atoms with Crippen molar-refractivity contribution in [3.8, 4) is 0 Å². The minimum atomic E-state index is -1.42. The smallest absolute Gasteiger partial charge is 0.178 e. The van der Waals surface area contributed by atoms with Crippen LogP contribution in [0.4, 0.5) is 0 Å². The number of allylic oxidation sites excluding steroid dienone is 2. The lowest BCUT2D eigenvalue weighted by molar-refractivity contribution is -0.110. The molecular weight excluding hydrogens is 130 g/mol. The molecule has 1 aliphatic rings. The first kappa shape index (κ1) is 7.18. The van der Waals surface area contributed by atoms with Crippen molar-refractivity contribution >= 4 is 5.78 Å². The summed E-state index contributed by atoms with van der Waals surface area (Å²) in [6, 6.07) is 0. The summed E-state index contributed by atoms with van der Waals surface area (Å²) in [6.45, 7) is 1.61. The van der Waals surface area contributed by atoms with Crippen molar-refractivity contribution in [3.63, 3.8) is 0 Å². The molecule has 0 saturated heterocycles. The zero-order chi connectivity index (χ0) is 7.78. The maximum absolute atomic E-state index is 10.6. The maximum Gasteiger partial charge on any atom is 0.178 e. The summed E-state index contributed by atoms with van der Waals surface area (Å²) < 4.78 is 0. The van der Waals surface area contributed by atoms with Crippen molar-refractivity contribution in [1.29, 1.82) is 0 Å². The Bertz CT molecular complexity index is 226. The summed E-state index contributed by atoms with van der Waals surface area (Å²) in [5.74, 6) is -0.132. The molecule has 0 fully saturated rings. The van der Waals surface area contributed by atoms with Gasteiger partial charge in [0.15, 0.2) is 11.5 Å². The molecule has 0 spiro atoms. The van der Waals surface area contributed by atoms with Gasteiger partial charge in [-0.25, -0.2) is 0 Å². The summed E-state index contributed by atoms with van der Waals surface area (Å²) in [5.41, 5.74) is 4.38. The number of carbonyl (C=O) groups excluding carboxylic acids is 1. The Morgan fingerprint density at radius 1 is 1.70 bits per heavy atom. The van der Waals surface area contributed by atoms with E-state index in [0.717, 1.165) is 0 Å². The van der Waals surface area contributed by atoms with Crippen LogP contribution in [0.1, 0.15) is 6.92 Å². The molecule has 3 heteroatoms. The van der Waals surface area contributed by atoms with Crippen LogP contribution in [-0.2, 0) is 4.79 Å². The van der Waals surface area contributed by atoms with Gasteiger partial charge in [-0.3, -0.25) is 10.5 Å². The molecule has 1 unspecified atom stereocenters. The Morgan fingerprint density at radius 2 is 2.30 bits per heavy atom. The fourth-order valence-electron chi connectivity index (χ4n) is 0.718. The van der Waals surface area contributed by atoms with Crippen LogP contribution in [-0.4, -0.2) is 16.6 Å². The van der Waals surface area contributed by atoms with Crippen molar-refractivity contribution in [2.45, 2.75) is 12.6 Å². The highest BCUT2D eigenvalue weighted by atomic mass is 16.3. The minimum absolute atomic E-state index is 0.132. The first-order valence-corrected chi connectivity index (χ1v) is 2.95. The number of aliphatic hydroxyl groups is 1. The van der Waals surface area contributed by atoms with Crippen molar-refractivity contribution in [2.24, 2.45) is 5.73 Å². The van der Waals surface area contributed by atoms with Gasteiger partial charge in [0.2, 0.25) is 0 Å². The minimum Gasteiger partial charge on any atom is -0.369 e. The monoisotopic (exact) mass is 139 g/mol. The van der Waals surface area contributed by atoms with Gasteiger partial charge in [0.1, 0.15) is 0 Å². The van der Waals surface area contributed by atoms with Crippen molar-refractivity contribution in [2.75, 3.05) is 0 Å². The molecule has 1 atom stereocenters. The van der Waals surface area contributed by atoms with Crippen molar-refractivity contribution < 1.29 is 9.90 Å². The molecule has 1 rings (SSSR count). The van der Waals surface area contributed by atoms with Crippen LogP contribution in [0.15, 0.2) is 23.8 Å².